The smallest absolute Gasteiger partial charge is 0.321 e. The first kappa shape index (κ1) is 15.3. The van der Waals surface area contributed by atoms with Gasteiger partial charge in [0.05, 0.1) is 6.04 Å². The van der Waals surface area contributed by atoms with Crippen LogP contribution in [-0.4, -0.2) is 54.6 Å². The van der Waals surface area contributed by atoms with Crippen LogP contribution in [0, 0.1) is 0 Å². The van der Waals surface area contributed by atoms with Crippen molar-refractivity contribution in [2.24, 2.45) is 0 Å². The summed E-state index contributed by atoms with van der Waals surface area (Å²) in [6.45, 7) is 6.46. The molecule has 3 unspecified atom stereocenters. The molecular formula is C14H26N4O2. The van der Waals surface area contributed by atoms with Gasteiger partial charge in [0.1, 0.15) is 0 Å². The number of imide groups is 1. The highest BCUT2D eigenvalue weighted by atomic mass is 16.2. The number of hydrogen-bond acceptors (Lipinski definition) is 4. The molecule has 0 saturated carbocycles. The highest BCUT2D eigenvalue weighted by Crippen LogP contribution is 2.27. The molecule has 3 amide bonds. The molecule has 114 valence electrons. The van der Waals surface area contributed by atoms with E-state index in [1.165, 1.54) is 25.8 Å². The van der Waals surface area contributed by atoms with E-state index in [9.17, 15) is 9.59 Å². The van der Waals surface area contributed by atoms with Gasteiger partial charge in [-0.1, -0.05) is 6.42 Å². The number of fused-ring (bicyclic) bond motifs is 1. The predicted molar refractivity (Wildman–Crippen MR) is 77.4 cm³/mol. The topological polar surface area (TPSA) is 73.5 Å². The van der Waals surface area contributed by atoms with Crippen LogP contribution in [0.4, 0.5) is 4.79 Å². The van der Waals surface area contributed by atoms with Gasteiger partial charge in [0.2, 0.25) is 5.91 Å². The molecule has 0 aromatic carbocycles. The Morgan fingerprint density at radius 3 is 2.80 bits per heavy atom. The Hall–Kier alpha value is -1.14. The van der Waals surface area contributed by atoms with Gasteiger partial charge in [0.25, 0.3) is 0 Å². The Morgan fingerprint density at radius 2 is 2.05 bits per heavy atom. The van der Waals surface area contributed by atoms with Crippen molar-refractivity contribution in [2.75, 3.05) is 19.6 Å². The van der Waals surface area contributed by atoms with Gasteiger partial charge in [-0.05, 0) is 39.7 Å². The van der Waals surface area contributed by atoms with Gasteiger partial charge in [-0.25, -0.2) is 4.79 Å². The Bertz CT molecular complexity index is 361. The van der Waals surface area contributed by atoms with Crippen molar-refractivity contribution in [2.45, 2.75) is 57.7 Å². The minimum Gasteiger partial charge on any atom is -0.338 e. The molecule has 3 atom stereocenters. The lowest BCUT2D eigenvalue weighted by atomic mass is 9.98. The van der Waals surface area contributed by atoms with Crippen molar-refractivity contribution in [3.63, 3.8) is 0 Å². The third kappa shape index (κ3) is 3.70. The summed E-state index contributed by atoms with van der Waals surface area (Å²) in [6.07, 6.45) is 4.86. The van der Waals surface area contributed by atoms with Crippen molar-refractivity contribution < 1.29 is 9.59 Å². The predicted octanol–water partition coefficient (Wildman–Crippen LogP) is 0.437. The number of carbonyl (C=O) groups excluding carboxylic acids is 2. The molecule has 2 fully saturated rings. The van der Waals surface area contributed by atoms with Crippen LogP contribution in [-0.2, 0) is 4.79 Å². The average molecular weight is 282 g/mol. The molecular weight excluding hydrogens is 256 g/mol. The van der Waals surface area contributed by atoms with Crippen LogP contribution in [0.5, 0.6) is 0 Å². The highest BCUT2D eigenvalue weighted by molar-refractivity contribution is 5.96. The molecule has 0 bridgehead atoms. The van der Waals surface area contributed by atoms with Crippen LogP contribution in [0.25, 0.3) is 0 Å². The van der Waals surface area contributed by atoms with Gasteiger partial charge in [-0.2, -0.15) is 0 Å². The van der Waals surface area contributed by atoms with E-state index in [2.05, 4.69) is 20.9 Å². The second kappa shape index (κ2) is 7.04. The minimum atomic E-state index is -0.420. The second-order valence-electron chi connectivity index (χ2n) is 5.73. The Kier molecular flexibility index (Phi) is 5.37. The summed E-state index contributed by atoms with van der Waals surface area (Å²) in [4.78, 5) is 25.8. The number of hydrogen-bond donors (Lipinski definition) is 3. The maximum atomic E-state index is 11.9. The van der Waals surface area contributed by atoms with E-state index < -0.39 is 6.03 Å². The van der Waals surface area contributed by atoms with Crippen LogP contribution >= 0.6 is 0 Å². The highest BCUT2D eigenvalue weighted by Gasteiger charge is 2.36. The number of carbonyl (C=O) groups is 2. The molecule has 0 aromatic rings. The average Bonchev–Trinajstić information content (AvgIpc) is 2.82. The molecule has 0 aromatic heterocycles. The largest absolute Gasteiger partial charge is 0.338 e. The molecule has 6 nitrogen and oxygen atoms in total. The van der Waals surface area contributed by atoms with Crippen molar-refractivity contribution in [3.05, 3.63) is 0 Å². The van der Waals surface area contributed by atoms with Gasteiger partial charge in [-0.15, -0.1) is 0 Å². The summed E-state index contributed by atoms with van der Waals surface area (Å²) >= 11 is 0. The molecule has 20 heavy (non-hydrogen) atoms. The first-order valence-corrected chi connectivity index (χ1v) is 7.70. The number of urea groups is 1. The van der Waals surface area contributed by atoms with Crippen LogP contribution in [0.15, 0.2) is 0 Å². The lowest BCUT2D eigenvalue weighted by Gasteiger charge is -2.33. The quantitative estimate of drug-likeness (QED) is 0.699. The second-order valence-corrected chi connectivity index (χ2v) is 5.73. The van der Waals surface area contributed by atoms with Crippen molar-refractivity contribution in [1.29, 1.82) is 0 Å². The molecule has 2 heterocycles. The molecule has 2 rings (SSSR count). The summed E-state index contributed by atoms with van der Waals surface area (Å²) in [7, 11) is 0. The van der Waals surface area contributed by atoms with E-state index in [0.717, 1.165) is 13.0 Å². The Labute approximate surface area is 120 Å². The molecule has 6 heteroatoms. The molecule has 2 saturated heterocycles. The standard InChI is InChI=1S/C14H26N4O2/c1-3-15-14(20)17-13(19)10(2)16-11-7-9-18-8-5-4-6-12(11)18/h10-12,16H,3-9H2,1-2H3,(H2,15,17,19,20). The third-order valence-corrected chi connectivity index (χ3v) is 4.29. The molecule has 0 spiro atoms. The fourth-order valence-electron chi connectivity index (χ4n) is 3.26. The molecule has 3 N–H and O–H groups in total. The first-order valence-electron chi connectivity index (χ1n) is 7.70. The van der Waals surface area contributed by atoms with Crippen molar-refractivity contribution in [1.82, 2.24) is 20.9 Å². The van der Waals surface area contributed by atoms with E-state index in [1.54, 1.807) is 0 Å². The maximum Gasteiger partial charge on any atom is 0.321 e. The van der Waals surface area contributed by atoms with Crippen LogP contribution < -0.4 is 16.0 Å². The molecule has 2 aliphatic heterocycles. The minimum absolute atomic E-state index is 0.259. The number of nitrogens with one attached hydrogen (secondary N) is 3. The number of piperidine rings is 1. The lowest BCUT2D eigenvalue weighted by molar-refractivity contribution is -0.121. The van der Waals surface area contributed by atoms with E-state index in [0.29, 0.717) is 18.6 Å². The fraction of sp³-hybridized carbons (Fsp3) is 0.857. The number of rotatable bonds is 4. The van der Waals surface area contributed by atoms with Crippen molar-refractivity contribution >= 4 is 11.9 Å². The molecule has 2 aliphatic rings. The summed E-state index contributed by atoms with van der Waals surface area (Å²) in [5, 5.41) is 8.32. The van der Waals surface area contributed by atoms with Gasteiger partial charge < -0.3 is 10.6 Å². The van der Waals surface area contributed by atoms with Gasteiger partial charge in [0.15, 0.2) is 0 Å². The van der Waals surface area contributed by atoms with Gasteiger partial charge >= 0.3 is 6.03 Å². The summed E-state index contributed by atoms with van der Waals surface area (Å²) < 4.78 is 0. The zero-order valence-electron chi connectivity index (χ0n) is 12.4. The first-order chi connectivity index (χ1) is 9.61. The monoisotopic (exact) mass is 282 g/mol. The van der Waals surface area contributed by atoms with Gasteiger partial charge in [0, 0.05) is 25.2 Å². The molecule has 0 radical (unpaired) electrons. The van der Waals surface area contributed by atoms with E-state index in [1.807, 2.05) is 13.8 Å². The molecule has 0 aliphatic carbocycles. The summed E-state index contributed by atoms with van der Waals surface area (Å²) in [6, 6.07) is 0.162. The van der Waals surface area contributed by atoms with E-state index >= 15 is 0 Å². The summed E-state index contributed by atoms with van der Waals surface area (Å²) in [5.41, 5.74) is 0. The fourth-order valence-corrected chi connectivity index (χ4v) is 3.26. The number of amides is 3. The SMILES string of the molecule is CCNC(=O)NC(=O)C(C)NC1CCN2CCCCC12. The zero-order chi connectivity index (χ0) is 14.5. The van der Waals surface area contributed by atoms with Crippen LogP contribution in [0.2, 0.25) is 0 Å². The summed E-state index contributed by atoms with van der Waals surface area (Å²) in [5.74, 6) is -0.259. The lowest BCUT2D eigenvalue weighted by Crippen LogP contribution is -2.53. The van der Waals surface area contributed by atoms with Crippen LogP contribution in [0.3, 0.4) is 0 Å². The van der Waals surface area contributed by atoms with Crippen molar-refractivity contribution in [3.8, 4) is 0 Å². The van der Waals surface area contributed by atoms with Crippen LogP contribution in [0.1, 0.15) is 39.5 Å². The van der Waals surface area contributed by atoms with E-state index in [4.69, 9.17) is 0 Å². The third-order valence-electron chi connectivity index (χ3n) is 4.29. The van der Waals surface area contributed by atoms with E-state index in [-0.39, 0.29) is 11.9 Å². The zero-order valence-corrected chi connectivity index (χ0v) is 12.4. The van der Waals surface area contributed by atoms with Gasteiger partial charge in [-0.3, -0.25) is 15.0 Å². The Morgan fingerprint density at radius 1 is 1.25 bits per heavy atom. The number of nitrogens with zero attached hydrogens (tertiary/aromatic N) is 1. The maximum absolute atomic E-state index is 11.9. The Balaban J connectivity index is 1.80. The normalized spacial score (nSPS) is 27.7.